The lowest BCUT2D eigenvalue weighted by Crippen LogP contribution is -2.37. The van der Waals surface area contributed by atoms with Crippen LogP contribution in [-0.2, 0) is 11.8 Å². The number of fused-ring (bicyclic) bond motifs is 1. The van der Waals surface area contributed by atoms with Gasteiger partial charge in [-0.1, -0.05) is 0 Å². The summed E-state index contributed by atoms with van der Waals surface area (Å²) >= 11 is 0. The minimum atomic E-state index is 0.00590. The van der Waals surface area contributed by atoms with Gasteiger partial charge < -0.3 is 10.1 Å². The van der Waals surface area contributed by atoms with Crippen LogP contribution in [0, 0.1) is 6.92 Å². The molecule has 6 heteroatoms. The first-order valence-corrected chi connectivity index (χ1v) is 8.16. The number of morpholine rings is 1. The molecule has 1 N–H and O–H groups in total. The molecule has 1 aromatic heterocycles. The van der Waals surface area contributed by atoms with Gasteiger partial charge in [0.2, 0.25) is 0 Å². The van der Waals surface area contributed by atoms with Crippen molar-refractivity contribution in [3.05, 3.63) is 34.4 Å². The van der Waals surface area contributed by atoms with E-state index in [2.05, 4.69) is 15.2 Å². The molecule has 3 rings (SSSR count). The Hall–Kier alpha value is -1.92. The second kappa shape index (κ2) is 7.10. The van der Waals surface area contributed by atoms with Crippen LogP contribution in [0.25, 0.3) is 10.9 Å². The maximum Gasteiger partial charge on any atom is 0.261 e. The van der Waals surface area contributed by atoms with E-state index in [0.717, 1.165) is 62.8 Å². The Morgan fingerprint density at radius 2 is 2.09 bits per heavy atom. The lowest BCUT2D eigenvalue weighted by molar-refractivity contribution is 0.0378. The number of nitrogens with zero attached hydrogens (tertiary/aromatic N) is 3. The summed E-state index contributed by atoms with van der Waals surface area (Å²) in [7, 11) is 1.75. The van der Waals surface area contributed by atoms with Crippen LogP contribution >= 0.6 is 0 Å². The summed E-state index contributed by atoms with van der Waals surface area (Å²) in [5.41, 5.74) is 1.77. The van der Waals surface area contributed by atoms with E-state index in [0.29, 0.717) is 5.39 Å². The minimum Gasteiger partial charge on any atom is -0.385 e. The third-order valence-corrected chi connectivity index (χ3v) is 4.38. The molecule has 1 saturated heterocycles. The van der Waals surface area contributed by atoms with E-state index in [1.165, 1.54) is 0 Å². The lowest BCUT2D eigenvalue weighted by atomic mass is 10.2. The van der Waals surface area contributed by atoms with Gasteiger partial charge in [-0.05, 0) is 38.1 Å². The molecule has 1 fully saturated rings. The molecular formula is C17H24N4O2. The van der Waals surface area contributed by atoms with Gasteiger partial charge in [0.05, 0.1) is 24.1 Å². The molecule has 2 aromatic rings. The summed E-state index contributed by atoms with van der Waals surface area (Å²) < 4.78 is 6.93. The number of benzene rings is 1. The highest BCUT2D eigenvalue weighted by Gasteiger charge is 2.09. The molecular weight excluding hydrogens is 292 g/mol. The molecule has 0 unspecified atom stereocenters. The molecule has 0 radical (unpaired) electrons. The highest BCUT2D eigenvalue weighted by atomic mass is 16.5. The van der Waals surface area contributed by atoms with Gasteiger partial charge >= 0.3 is 0 Å². The maximum absolute atomic E-state index is 12.2. The van der Waals surface area contributed by atoms with E-state index in [1.807, 2.05) is 25.1 Å². The Labute approximate surface area is 136 Å². The van der Waals surface area contributed by atoms with Gasteiger partial charge in [0.25, 0.3) is 5.56 Å². The Morgan fingerprint density at radius 1 is 1.30 bits per heavy atom. The molecule has 0 atom stereocenters. The van der Waals surface area contributed by atoms with Crippen molar-refractivity contribution < 1.29 is 4.74 Å². The van der Waals surface area contributed by atoms with E-state index >= 15 is 0 Å². The second-order valence-electron chi connectivity index (χ2n) is 5.99. The van der Waals surface area contributed by atoms with E-state index in [1.54, 1.807) is 11.6 Å². The largest absolute Gasteiger partial charge is 0.385 e. The molecule has 6 nitrogen and oxygen atoms in total. The summed E-state index contributed by atoms with van der Waals surface area (Å²) in [4.78, 5) is 19.1. The van der Waals surface area contributed by atoms with Crippen molar-refractivity contribution in [3.63, 3.8) is 0 Å². The molecule has 0 spiro atoms. The molecule has 1 aliphatic heterocycles. The molecule has 0 bridgehead atoms. The summed E-state index contributed by atoms with van der Waals surface area (Å²) in [6, 6.07) is 5.77. The van der Waals surface area contributed by atoms with Crippen LogP contribution < -0.4 is 10.9 Å². The molecule has 1 aromatic carbocycles. The van der Waals surface area contributed by atoms with Crippen molar-refractivity contribution in [1.82, 2.24) is 14.5 Å². The van der Waals surface area contributed by atoms with Gasteiger partial charge in [0.15, 0.2) is 0 Å². The fourth-order valence-electron chi connectivity index (χ4n) is 2.85. The fourth-order valence-corrected chi connectivity index (χ4v) is 2.85. The standard InChI is InChI=1S/C17H24N4O2/c1-13-19-16-12-14(4-5-15(16)17(22)20(13)2)18-6-3-7-21-8-10-23-11-9-21/h4-5,12,18H,3,6-11H2,1-2H3. The summed E-state index contributed by atoms with van der Waals surface area (Å²) in [6.07, 6.45) is 1.08. The minimum absolute atomic E-state index is 0.00590. The first-order chi connectivity index (χ1) is 11.1. The molecule has 1 aliphatic rings. The van der Waals surface area contributed by atoms with Crippen LogP contribution in [0.4, 0.5) is 5.69 Å². The van der Waals surface area contributed by atoms with Gasteiger partial charge in [-0.25, -0.2) is 4.98 Å². The molecule has 0 amide bonds. The first kappa shape index (κ1) is 16.0. The monoisotopic (exact) mass is 316 g/mol. The Balaban J connectivity index is 1.60. The van der Waals surface area contributed by atoms with E-state index in [4.69, 9.17) is 4.74 Å². The highest BCUT2D eigenvalue weighted by Crippen LogP contribution is 2.15. The Morgan fingerprint density at radius 3 is 2.87 bits per heavy atom. The zero-order valence-corrected chi connectivity index (χ0v) is 13.8. The molecule has 124 valence electrons. The predicted octanol–water partition coefficient (Wildman–Crippen LogP) is 1.38. The van der Waals surface area contributed by atoms with Gasteiger partial charge in [-0.2, -0.15) is 0 Å². The number of hydrogen-bond donors (Lipinski definition) is 1. The molecule has 23 heavy (non-hydrogen) atoms. The summed E-state index contributed by atoms with van der Waals surface area (Å²) in [5, 5.41) is 4.09. The van der Waals surface area contributed by atoms with Crippen molar-refractivity contribution >= 4 is 16.6 Å². The third kappa shape index (κ3) is 3.71. The van der Waals surface area contributed by atoms with Crippen LogP contribution in [0.1, 0.15) is 12.2 Å². The number of aryl methyl sites for hydroxylation is 1. The van der Waals surface area contributed by atoms with E-state index in [9.17, 15) is 4.79 Å². The first-order valence-electron chi connectivity index (χ1n) is 8.16. The Kier molecular flexibility index (Phi) is 4.93. The van der Waals surface area contributed by atoms with Gasteiger partial charge in [0.1, 0.15) is 5.82 Å². The Bertz CT molecular complexity index is 735. The van der Waals surface area contributed by atoms with Crippen LogP contribution in [0.3, 0.4) is 0 Å². The van der Waals surface area contributed by atoms with Gasteiger partial charge in [-0.15, -0.1) is 0 Å². The van der Waals surface area contributed by atoms with Crippen molar-refractivity contribution in [2.24, 2.45) is 7.05 Å². The summed E-state index contributed by atoms with van der Waals surface area (Å²) in [5.74, 6) is 0.729. The number of ether oxygens (including phenoxy) is 1. The van der Waals surface area contributed by atoms with E-state index < -0.39 is 0 Å². The third-order valence-electron chi connectivity index (χ3n) is 4.38. The normalized spacial score (nSPS) is 15.9. The van der Waals surface area contributed by atoms with Crippen LogP contribution in [0.2, 0.25) is 0 Å². The predicted molar refractivity (Wildman–Crippen MR) is 92.1 cm³/mol. The van der Waals surface area contributed by atoms with Crippen LogP contribution in [-0.4, -0.2) is 53.8 Å². The number of anilines is 1. The van der Waals surface area contributed by atoms with Gasteiger partial charge in [-0.3, -0.25) is 14.3 Å². The molecule has 2 heterocycles. The molecule has 0 saturated carbocycles. The SMILES string of the molecule is Cc1nc2cc(NCCCN3CCOCC3)ccc2c(=O)n1C. The number of rotatable bonds is 5. The molecule has 0 aliphatic carbocycles. The zero-order chi connectivity index (χ0) is 16.2. The van der Waals surface area contributed by atoms with Crippen LogP contribution in [0.15, 0.2) is 23.0 Å². The summed E-state index contributed by atoms with van der Waals surface area (Å²) in [6.45, 7) is 7.60. The maximum atomic E-state index is 12.2. The van der Waals surface area contributed by atoms with E-state index in [-0.39, 0.29) is 5.56 Å². The van der Waals surface area contributed by atoms with Crippen molar-refractivity contribution in [3.8, 4) is 0 Å². The number of nitrogens with one attached hydrogen (secondary N) is 1. The van der Waals surface area contributed by atoms with Crippen molar-refractivity contribution in [1.29, 1.82) is 0 Å². The average Bonchev–Trinajstić information content (AvgIpc) is 2.57. The topological polar surface area (TPSA) is 59.4 Å². The average molecular weight is 316 g/mol. The highest BCUT2D eigenvalue weighted by molar-refractivity contribution is 5.81. The van der Waals surface area contributed by atoms with Crippen molar-refractivity contribution in [2.45, 2.75) is 13.3 Å². The van der Waals surface area contributed by atoms with Crippen molar-refractivity contribution in [2.75, 3.05) is 44.7 Å². The number of aromatic nitrogens is 2. The zero-order valence-electron chi connectivity index (χ0n) is 13.8. The van der Waals surface area contributed by atoms with Crippen LogP contribution in [0.5, 0.6) is 0 Å². The smallest absolute Gasteiger partial charge is 0.261 e. The number of hydrogen-bond acceptors (Lipinski definition) is 5. The second-order valence-corrected chi connectivity index (χ2v) is 5.99. The van der Waals surface area contributed by atoms with Gasteiger partial charge in [0, 0.05) is 32.4 Å². The fraction of sp³-hybridized carbons (Fsp3) is 0.529. The quantitative estimate of drug-likeness (QED) is 0.845. The lowest BCUT2D eigenvalue weighted by Gasteiger charge is -2.26.